The van der Waals surface area contributed by atoms with Crippen LogP contribution < -0.4 is 4.90 Å². The van der Waals surface area contributed by atoms with Crippen LogP contribution in [0.4, 0.5) is 17.1 Å². The van der Waals surface area contributed by atoms with Crippen LogP contribution in [0.15, 0.2) is 168 Å². The Bertz CT molecular complexity index is 2540. The lowest BCUT2D eigenvalue weighted by Crippen LogP contribution is -2.11. The minimum absolute atomic E-state index is 0.873. The third-order valence-electron chi connectivity index (χ3n) is 9.06. The molecule has 3 nitrogen and oxygen atoms in total. The summed E-state index contributed by atoms with van der Waals surface area (Å²) >= 11 is 0. The topological polar surface area (TPSA) is 21.3 Å². The number of para-hydroxylation sites is 3. The molecule has 0 atom stereocenters. The average molecular weight is 591 g/mol. The van der Waals surface area contributed by atoms with Crippen molar-refractivity contribution >= 4 is 60.8 Å². The van der Waals surface area contributed by atoms with Crippen molar-refractivity contribution in [1.82, 2.24) is 4.57 Å². The molecule has 0 amide bonds. The Labute approximate surface area is 267 Å². The highest BCUT2D eigenvalue weighted by atomic mass is 16.3. The fraction of sp³-hybridized carbons (Fsp3) is 0.0233. The van der Waals surface area contributed by atoms with Crippen LogP contribution in [0.5, 0.6) is 0 Å². The van der Waals surface area contributed by atoms with Crippen molar-refractivity contribution in [3.05, 3.63) is 169 Å². The number of aromatic nitrogens is 1. The van der Waals surface area contributed by atoms with Crippen LogP contribution in [0.25, 0.3) is 60.6 Å². The molecular formula is C43H30N2O. The number of hydrogen-bond acceptors (Lipinski definition) is 2. The molecule has 9 rings (SSSR count). The minimum atomic E-state index is 0.873. The maximum absolute atomic E-state index is 6.39. The molecule has 0 saturated carbocycles. The van der Waals surface area contributed by atoms with E-state index in [1.807, 2.05) is 12.1 Å². The minimum Gasteiger partial charge on any atom is -0.456 e. The molecule has 46 heavy (non-hydrogen) atoms. The highest BCUT2D eigenvalue weighted by Crippen LogP contribution is 2.47. The molecule has 0 radical (unpaired) electrons. The summed E-state index contributed by atoms with van der Waals surface area (Å²) in [7, 11) is 0. The van der Waals surface area contributed by atoms with Gasteiger partial charge in [0.05, 0.1) is 27.8 Å². The lowest BCUT2D eigenvalue weighted by atomic mass is 10.0. The Morgan fingerprint density at radius 1 is 0.500 bits per heavy atom. The first kappa shape index (κ1) is 26.4. The maximum Gasteiger partial charge on any atom is 0.137 e. The molecule has 0 aliphatic carbocycles. The van der Waals surface area contributed by atoms with Crippen molar-refractivity contribution in [3.63, 3.8) is 0 Å². The van der Waals surface area contributed by atoms with Crippen LogP contribution in [0, 0.1) is 6.92 Å². The Hall–Kier alpha value is -6.06. The van der Waals surface area contributed by atoms with Gasteiger partial charge in [0.25, 0.3) is 0 Å². The monoisotopic (exact) mass is 590 g/mol. The first-order chi connectivity index (χ1) is 22.7. The van der Waals surface area contributed by atoms with Crippen LogP contribution in [0.1, 0.15) is 5.56 Å². The summed E-state index contributed by atoms with van der Waals surface area (Å²) in [5.74, 6) is 0. The van der Waals surface area contributed by atoms with E-state index in [0.717, 1.165) is 50.3 Å². The summed E-state index contributed by atoms with van der Waals surface area (Å²) in [5.41, 5.74) is 12.1. The third-order valence-corrected chi connectivity index (χ3v) is 9.06. The summed E-state index contributed by atoms with van der Waals surface area (Å²) < 4.78 is 8.76. The quantitative estimate of drug-likeness (QED) is 0.199. The van der Waals surface area contributed by atoms with Crippen LogP contribution in [-0.4, -0.2) is 4.57 Å². The largest absolute Gasteiger partial charge is 0.456 e. The van der Waals surface area contributed by atoms with E-state index < -0.39 is 0 Å². The summed E-state index contributed by atoms with van der Waals surface area (Å²) in [6.45, 7) is 2.13. The fourth-order valence-electron chi connectivity index (χ4n) is 6.95. The van der Waals surface area contributed by atoms with E-state index in [0.29, 0.717) is 0 Å². The van der Waals surface area contributed by atoms with Crippen molar-refractivity contribution in [1.29, 1.82) is 0 Å². The predicted octanol–water partition coefficient (Wildman–Crippen LogP) is 12.1. The zero-order valence-corrected chi connectivity index (χ0v) is 25.4. The molecule has 2 heterocycles. The lowest BCUT2D eigenvalue weighted by molar-refractivity contribution is 0.669. The van der Waals surface area contributed by atoms with E-state index in [2.05, 4.69) is 168 Å². The van der Waals surface area contributed by atoms with Gasteiger partial charge in [-0.25, -0.2) is 0 Å². The predicted molar refractivity (Wildman–Crippen MR) is 193 cm³/mol. The second-order valence-electron chi connectivity index (χ2n) is 11.9. The number of aryl methyl sites for hydroxylation is 1. The molecule has 0 spiro atoms. The van der Waals surface area contributed by atoms with Gasteiger partial charge in [0.1, 0.15) is 11.2 Å². The Morgan fingerprint density at radius 2 is 1.17 bits per heavy atom. The first-order valence-electron chi connectivity index (χ1n) is 15.7. The van der Waals surface area contributed by atoms with Gasteiger partial charge in [0.2, 0.25) is 0 Å². The molecule has 0 aliphatic rings. The van der Waals surface area contributed by atoms with Gasteiger partial charge in [-0.1, -0.05) is 109 Å². The van der Waals surface area contributed by atoms with Gasteiger partial charge in [0, 0.05) is 33.1 Å². The molecule has 9 aromatic rings. The number of rotatable bonds is 5. The SMILES string of the molecule is Cc1ccc(-n2c3ccccc3c3cc(N(c4ccccc4-c4ccccc4)c4cccc5oc6ccccc6c45)ccc32)cc1. The van der Waals surface area contributed by atoms with E-state index in [1.165, 1.54) is 32.9 Å². The van der Waals surface area contributed by atoms with Crippen molar-refractivity contribution in [2.75, 3.05) is 4.90 Å². The summed E-state index contributed by atoms with van der Waals surface area (Å²) in [4.78, 5) is 2.41. The Kier molecular flexibility index (Phi) is 6.04. The summed E-state index contributed by atoms with van der Waals surface area (Å²) in [6.07, 6.45) is 0. The zero-order chi connectivity index (χ0) is 30.6. The second-order valence-corrected chi connectivity index (χ2v) is 11.9. The van der Waals surface area contributed by atoms with Gasteiger partial charge >= 0.3 is 0 Å². The molecule has 0 bridgehead atoms. The molecule has 0 saturated heterocycles. The highest BCUT2D eigenvalue weighted by molar-refractivity contribution is 6.15. The van der Waals surface area contributed by atoms with Gasteiger partial charge in [-0.2, -0.15) is 0 Å². The van der Waals surface area contributed by atoms with E-state index in [4.69, 9.17) is 4.42 Å². The van der Waals surface area contributed by atoms with Gasteiger partial charge < -0.3 is 13.9 Å². The Balaban J connectivity index is 1.36. The average Bonchev–Trinajstić information content (AvgIpc) is 3.66. The standard InChI is InChI=1S/C43H30N2O/c1-29-22-24-31(25-23-29)44-38-18-9-6-15-34(38)36-28-32(26-27-39(36)44)45(37-17-8-5-14-33(37)30-12-3-2-4-13-30)40-19-11-21-42-43(40)35-16-7-10-20-41(35)46-42/h2-28H,1H3. The molecule has 0 N–H and O–H groups in total. The number of anilines is 3. The lowest BCUT2D eigenvalue weighted by Gasteiger charge is -2.28. The fourth-order valence-corrected chi connectivity index (χ4v) is 6.95. The first-order valence-corrected chi connectivity index (χ1v) is 15.7. The van der Waals surface area contributed by atoms with E-state index >= 15 is 0 Å². The number of nitrogens with zero attached hydrogens (tertiary/aromatic N) is 2. The van der Waals surface area contributed by atoms with Crippen molar-refractivity contribution < 1.29 is 4.42 Å². The number of fused-ring (bicyclic) bond motifs is 6. The molecule has 2 aromatic heterocycles. The van der Waals surface area contributed by atoms with Gasteiger partial charge in [-0.15, -0.1) is 0 Å². The van der Waals surface area contributed by atoms with Crippen LogP contribution >= 0.6 is 0 Å². The van der Waals surface area contributed by atoms with E-state index in [1.54, 1.807) is 0 Å². The highest BCUT2D eigenvalue weighted by Gasteiger charge is 2.23. The maximum atomic E-state index is 6.39. The molecule has 0 fully saturated rings. The molecule has 218 valence electrons. The van der Waals surface area contributed by atoms with Gasteiger partial charge in [0.15, 0.2) is 0 Å². The van der Waals surface area contributed by atoms with Crippen LogP contribution in [-0.2, 0) is 0 Å². The smallest absolute Gasteiger partial charge is 0.137 e. The van der Waals surface area contributed by atoms with Gasteiger partial charge in [-0.3, -0.25) is 0 Å². The number of furan rings is 1. The van der Waals surface area contributed by atoms with Crippen molar-refractivity contribution in [3.8, 4) is 16.8 Å². The normalized spacial score (nSPS) is 11.6. The second kappa shape index (κ2) is 10.5. The van der Waals surface area contributed by atoms with E-state index in [-0.39, 0.29) is 0 Å². The van der Waals surface area contributed by atoms with Crippen molar-refractivity contribution in [2.24, 2.45) is 0 Å². The zero-order valence-electron chi connectivity index (χ0n) is 25.4. The summed E-state index contributed by atoms with van der Waals surface area (Å²) in [5, 5.41) is 4.64. The number of hydrogen-bond donors (Lipinski definition) is 0. The van der Waals surface area contributed by atoms with Crippen LogP contribution in [0.3, 0.4) is 0 Å². The molecular weight excluding hydrogens is 560 g/mol. The third kappa shape index (κ3) is 4.13. The molecule has 7 aromatic carbocycles. The molecule has 0 unspecified atom stereocenters. The number of benzene rings is 7. The molecule has 3 heteroatoms. The van der Waals surface area contributed by atoms with Crippen LogP contribution in [0.2, 0.25) is 0 Å². The molecule has 0 aliphatic heterocycles. The summed E-state index contributed by atoms with van der Waals surface area (Å²) in [6, 6.07) is 58.4. The van der Waals surface area contributed by atoms with Crippen molar-refractivity contribution in [2.45, 2.75) is 6.92 Å². The van der Waals surface area contributed by atoms with E-state index in [9.17, 15) is 0 Å². The van der Waals surface area contributed by atoms with Gasteiger partial charge in [-0.05, 0) is 73.2 Å². The Morgan fingerprint density at radius 3 is 2.04 bits per heavy atom.